The van der Waals surface area contributed by atoms with E-state index in [1.54, 1.807) is 24.3 Å². The Morgan fingerprint density at radius 3 is 2.75 bits per heavy atom. The summed E-state index contributed by atoms with van der Waals surface area (Å²) in [6, 6.07) is 8.45. The fourth-order valence-corrected chi connectivity index (χ4v) is 1.90. The first kappa shape index (κ1) is 13.5. The zero-order chi connectivity index (χ0) is 14.7. The molecule has 0 aromatic heterocycles. The molecule has 0 radical (unpaired) electrons. The van der Waals surface area contributed by atoms with E-state index in [0.717, 1.165) is 5.01 Å². The maximum absolute atomic E-state index is 11.9. The Hall–Kier alpha value is -2.88. The molecule has 0 spiro atoms. The van der Waals surface area contributed by atoms with Crippen LogP contribution in [0, 0.1) is 17.2 Å². The van der Waals surface area contributed by atoms with E-state index in [1.807, 2.05) is 6.07 Å². The number of benzene rings is 1. The molecule has 1 heterocycles. The lowest BCUT2D eigenvalue weighted by Gasteiger charge is -2.09. The molecular formula is C13H12N4O3. The van der Waals surface area contributed by atoms with Crippen molar-refractivity contribution in [3.8, 4) is 6.07 Å². The summed E-state index contributed by atoms with van der Waals surface area (Å²) in [7, 11) is 1.42. The van der Waals surface area contributed by atoms with Crippen molar-refractivity contribution in [1.29, 1.82) is 5.26 Å². The molecule has 2 rings (SSSR count). The molecule has 3 amide bonds. The third-order valence-corrected chi connectivity index (χ3v) is 2.93. The van der Waals surface area contributed by atoms with Crippen LogP contribution in [0.15, 0.2) is 24.3 Å². The Kier molecular flexibility index (Phi) is 3.66. The van der Waals surface area contributed by atoms with Crippen LogP contribution in [0.2, 0.25) is 0 Å². The van der Waals surface area contributed by atoms with Gasteiger partial charge >= 0.3 is 0 Å². The first-order valence-corrected chi connectivity index (χ1v) is 5.90. The molecule has 0 bridgehead atoms. The van der Waals surface area contributed by atoms with E-state index in [4.69, 9.17) is 5.26 Å². The van der Waals surface area contributed by atoms with Gasteiger partial charge in [0.15, 0.2) is 0 Å². The fraction of sp³-hybridized carbons (Fsp3) is 0.231. The predicted molar refractivity (Wildman–Crippen MR) is 68.8 cm³/mol. The standard InChI is InChI=1S/C13H12N4O3/c1-17-13(20)9(12(19)16-17)6-11(18)15-10-5-3-2-4-8(10)7-14/h2-5,9H,6H2,1H3,(H,15,18)(H,16,19). The van der Waals surface area contributed by atoms with Crippen molar-refractivity contribution in [3.63, 3.8) is 0 Å². The van der Waals surface area contributed by atoms with Gasteiger partial charge in [0.2, 0.25) is 5.91 Å². The molecular weight excluding hydrogens is 260 g/mol. The van der Waals surface area contributed by atoms with Crippen LogP contribution in [0.3, 0.4) is 0 Å². The highest BCUT2D eigenvalue weighted by Crippen LogP contribution is 2.17. The number of anilines is 1. The monoisotopic (exact) mass is 272 g/mol. The third kappa shape index (κ3) is 2.59. The van der Waals surface area contributed by atoms with Gasteiger partial charge in [0.05, 0.1) is 11.3 Å². The number of carbonyl (C=O) groups excluding carboxylic acids is 3. The molecule has 1 aromatic carbocycles. The van der Waals surface area contributed by atoms with Crippen molar-refractivity contribution in [2.45, 2.75) is 6.42 Å². The number of para-hydroxylation sites is 1. The van der Waals surface area contributed by atoms with Gasteiger partial charge in [-0.15, -0.1) is 0 Å². The number of hydrogen-bond donors (Lipinski definition) is 2. The number of hydrogen-bond acceptors (Lipinski definition) is 4. The zero-order valence-corrected chi connectivity index (χ0v) is 10.7. The van der Waals surface area contributed by atoms with Crippen molar-refractivity contribution >= 4 is 23.4 Å². The number of nitrogens with zero attached hydrogens (tertiary/aromatic N) is 2. The molecule has 1 aliphatic heterocycles. The number of rotatable bonds is 3. The Bertz CT molecular complexity index is 620. The SMILES string of the molecule is CN1NC(=O)C(CC(=O)Nc2ccccc2C#N)C1=O. The fourth-order valence-electron chi connectivity index (χ4n) is 1.90. The van der Waals surface area contributed by atoms with E-state index in [0.29, 0.717) is 11.3 Å². The number of amides is 3. The second-order valence-corrected chi connectivity index (χ2v) is 4.34. The van der Waals surface area contributed by atoms with E-state index in [9.17, 15) is 14.4 Å². The Labute approximate surface area is 115 Å². The molecule has 7 heteroatoms. The van der Waals surface area contributed by atoms with Crippen LogP contribution < -0.4 is 10.7 Å². The van der Waals surface area contributed by atoms with Crippen molar-refractivity contribution in [3.05, 3.63) is 29.8 Å². The molecule has 2 N–H and O–H groups in total. The van der Waals surface area contributed by atoms with E-state index in [-0.39, 0.29) is 6.42 Å². The zero-order valence-electron chi connectivity index (χ0n) is 10.7. The molecule has 1 fully saturated rings. The van der Waals surface area contributed by atoms with Gasteiger partial charge in [-0.05, 0) is 12.1 Å². The maximum atomic E-state index is 11.9. The average molecular weight is 272 g/mol. The minimum Gasteiger partial charge on any atom is -0.325 e. The van der Waals surface area contributed by atoms with Crippen LogP contribution in [0.25, 0.3) is 0 Å². The van der Waals surface area contributed by atoms with Crippen LogP contribution in [0.1, 0.15) is 12.0 Å². The van der Waals surface area contributed by atoms with E-state index >= 15 is 0 Å². The highest BCUT2D eigenvalue weighted by atomic mass is 16.2. The smallest absolute Gasteiger partial charge is 0.253 e. The quantitative estimate of drug-likeness (QED) is 0.756. The van der Waals surface area contributed by atoms with Gasteiger partial charge in [0, 0.05) is 13.5 Å². The van der Waals surface area contributed by atoms with E-state index in [1.165, 1.54) is 7.05 Å². The molecule has 1 saturated heterocycles. The minimum absolute atomic E-state index is 0.255. The van der Waals surface area contributed by atoms with Crippen LogP contribution in [0.5, 0.6) is 0 Å². The first-order chi connectivity index (χ1) is 9.52. The van der Waals surface area contributed by atoms with Crippen LogP contribution in [-0.4, -0.2) is 29.8 Å². The Balaban J connectivity index is 2.05. The summed E-state index contributed by atoms with van der Waals surface area (Å²) < 4.78 is 0. The largest absolute Gasteiger partial charge is 0.325 e. The molecule has 1 aliphatic rings. The molecule has 0 saturated carbocycles. The number of nitrogens with one attached hydrogen (secondary N) is 2. The lowest BCUT2D eigenvalue weighted by Crippen LogP contribution is -2.31. The van der Waals surface area contributed by atoms with Gasteiger partial charge in [0.1, 0.15) is 12.0 Å². The summed E-state index contributed by atoms with van der Waals surface area (Å²) in [6.45, 7) is 0. The lowest BCUT2D eigenvalue weighted by molar-refractivity contribution is -0.134. The summed E-state index contributed by atoms with van der Waals surface area (Å²) in [4.78, 5) is 35.0. The van der Waals surface area contributed by atoms with Crippen molar-refractivity contribution < 1.29 is 14.4 Å². The molecule has 1 aromatic rings. The van der Waals surface area contributed by atoms with Crippen molar-refractivity contribution in [2.24, 2.45) is 5.92 Å². The molecule has 102 valence electrons. The first-order valence-electron chi connectivity index (χ1n) is 5.90. The van der Waals surface area contributed by atoms with E-state index in [2.05, 4.69) is 10.7 Å². The number of hydrazine groups is 1. The van der Waals surface area contributed by atoms with Crippen molar-refractivity contribution in [2.75, 3.05) is 12.4 Å². The summed E-state index contributed by atoms with van der Waals surface area (Å²) in [6.07, 6.45) is -0.255. The van der Waals surface area contributed by atoms with Crippen LogP contribution >= 0.6 is 0 Å². The molecule has 7 nitrogen and oxygen atoms in total. The van der Waals surface area contributed by atoms with Crippen LogP contribution in [0.4, 0.5) is 5.69 Å². The van der Waals surface area contributed by atoms with E-state index < -0.39 is 23.6 Å². The summed E-state index contributed by atoms with van der Waals surface area (Å²) >= 11 is 0. The summed E-state index contributed by atoms with van der Waals surface area (Å²) in [5.41, 5.74) is 3.00. The second kappa shape index (κ2) is 5.40. The van der Waals surface area contributed by atoms with Gasteiger partial charge in [0.25, 0.3) is 11.8 Å². The molecule has 1 atom stereocenters. The highest BCUT2D eigenvalue weighted by Gasteiger charge is 2.38. The maximum Gasteiger partial charge on any atom is 0.253 e. The molecule has 1 unspecified atom stereocenters. The predicted octanol–water partition coefficient (Wildman–Crippen LogP) is 0.00628. The van der Waals surface area contributed by atoms with Gasteiger partial charge in [-0.1, -0.05) is 12.1 Å². The van der Waals surface area contributed by atoms with Gasteiger partial charge in [-0.3, -0.25) is 24.8 Å². The Morgan fingerprint density at radius 2 is 2.15 bits per heavy atom. The minimum atomic E-state index is -1.02. The van der Waals surface area contributed by atoms with Crippen LogP contribution in [-0.2, 0) is 14.4 Å². The summed E-state index contributed by atoms with van der Waals surface area (Å²) in [5.74, 6) is -2.45. The summed E-state index contributed by atoms with van der Waals surface area (Å²) in [5, 5.41) is 12.5. The molecule has 0 aliphatic carbocycles. The van der Waals surface area contributed by atoms with Crippen molar-refractivity contribution in [1.82, 2.24) is 10.4 Å². The van der Waals surface area contributed by atoms with Gasteiger partial charge in [-0.25, -0.2) is 0 Å². The normalized spacial score (nSPS) is 17.6. The average Bonchev–Trinajstić information content (AvgIpc) is 2.66. The third-order valence-electron chi connectivity index (χ3n) is 2.93. The highest BCUT2D eigenvalue weighted by molar-refractivity contribution is 6.08. The number of carbonyl (C=O) groups is 3. The Morgan fingerprint density at radius 1 is 1.45 bits per heavy atom. The number of nitriles is 1. The topological polar surface area (TPSA) is 102 Å². The van der Waals surface area contributed by atoms with Gasteiger partial charge < -0.3 is 5.32 Å². The second-order valence-electron chi connectivity index (χ2n) is 4.34. The lowest BCUT2D eigenvalue weighted by atomic mass is 10.0. The van der Waals surface area contributed by atoms with Gasteiger partial charge in [-0.2, -0.15) is 5.26 Å². The molecule has 20 heavy (non-hydrogen) atoms.